The third-order valence-corrected chi connectivity index (χ3v) is 4.09. The van der Waals surface area contributed by atoms with E-state index >= 15 is 0 Å². The number of anilines is 1. The molecule has 1 N–H and O–H groups in total. The molecule has 0 aliphatic heterocycles. The number of carbonyl (C=O) groups is 1. The van der Waals surface area contributed by atoms with Crippen LogP contribution in [0.1, 0.15) is 10.4 Å². The number of rotatable bonds is 2. The zero-order valence-electron chi connectivity index (χ0n) is 10.2. The molecule has 4 nitrogen and oxygen atoms in total. The van der Waals surface area contributed by atoms with Gasteiger partial charge in [0.05, 0.1) is 22.0 Å². The van der Waals surface area contributed by atoms with Gasteiger partial charge in [0.2, 0.25) is 0 Å². The van der Waals surface area contributed by atoms with Crippen molar-refractivity contribution < 1.29 is 9.18 Å². The van der Waals surface area contributed by atoms with Crippen LogP contribution >= 0.6 is 34.5 Å². The van der Waals surface area contributed by atoms with Crippen LogP contribution in [0.5, 0.6) is 0 Å². The van der Waals surface area contributed by atoms with Crippen molar-refractivity contribution in [1.82, 2.24) is 9.97 Å². The summed E-state index contributed by atoms with van der Waals surface area (Å²) in [6.45, 7) is 0. The van der Waals surface area contributed by atoms with Gasteiger partial charge in [-0.25, -0.2) is 14.4 Å². The molecule has 1 amide bonds. The summed E-state index contributed by atoms with van der Waals surface area (Å²) >= 11 is 12.9. The second-order valence-corrected chi connectivity index (χ2v) is 5.90. The fraction of sp³-hybridized carbons (Fsp3) is 0. The summed E-state index contributed by atoms with van der Waals surface area (Å²) in [4.78, 5) is 19.9. The van der Waals surface area contributed by atoms with E-state index in [-0.39, 0.29) is 10.7 Å². The number of halogens is 3. The van der Waals surface area contributed by atoms with Crippen molar-refractivity contribution in [1.29, 1.82) is 0 Å². The predicted octanol–water partition coefficient (Wildman–Crippen LogP) is 4.39. The van der Waals surface area contributed by atoms with Crippen LogP contribution in [0.25, 0.3) is 10.2 Å². The van der Waals surface area contributed by atoms with E-state index in [1.54, 1.807) is 18.2 Å². The summed E-state index contributed by atoms with van der Waals surface area (Å²) in [5, 5.41) is 3.46. The number of thiazole rings is 1. The van der Waals surface area contributed by atoms with E-state index in [0.29, 0.717) is 15.7 Å². The quantitative estimate of drug-likeness (QED) is 0.703. The van der Waals surface area contributed by atoms with Gasteiger partial charge in [0, 0.05) is 5.02 Å². The number of carbonyl (C=O) groups excluding carboxylic acids is 1. The summed E-state index contributed by atoms with van der Waals surface area (Å²) in [6, 6.07) is 6.24. The Hall–Kier alpha value is -1.76. The molecule has 0 atom stereocenters. The maximum atomic E-state index is 13.1. The topological polar surface area (TPSA) is 54.9 Å². The molecule has 0 spiro atoms. The standard InChI is InChI=1S/C13H6Cl2FN3OS/c14-6-1-2-9-10(3-6)21-13(18-9)19-12(20)8-4-7(16)5-17-11(8)15/h1-5H,(H,18,19,20). The van der Waals surface area contributed by atoms with E-state index in [4.69, 9.17) is 23.2 Å². The van der Waals surface area contributed by atoms with Crippen LogP contribution in [0.2, 0.25) is 10.2 Å². The summed E-state index contributed by atoms with van der Waals surface area (Å²) in [6.07, 6.45) is 0.943. The zero-order valence-corrected chi connectivity index (χ0v) is 12.6. The third kappa shape index (κ3) is 2.97. The van der Waals surface area contributed by atoms with Gasteiger partial charge in [-0.1, -0.05) is 34.5 Å². The Morgan fingerprint density at radius 2 is 2.10 bits per heavy atom. The van der Waals surface area contributed by atoms with Gasteiger partial charge in [-0.15, -0.1) is 0 Å². The average Bonchev–Trinajstić information content (AvgIpc) is 2.82. The van der Waals surface area contributed by atoms with Gasteiger partial charge in [-0.3, -0.25) is 10.1 Å². The van der Waals surface area contributed by atoms with Crippen molar-refractivity contribution in [2.75, 3.05) is 5.32 Å². The van der Waals surface area contributed by atoms with Crippen LogP contribution in [-0.2, 0) is 0 Å². The molecule has 8 heteroatoms. The van der Waals surface area contributed by atoms with Crippen molar-refractivity contribution in [3.63, 3.8) is 0 Å². The highest BCUT2D eigenvalue weighted by atomic mass is 35.5. The SMILES string of the molecule is O=C(Nc1nc2ccc(Cl)cc2s1)c1cc(F)cnc1Cl. The van der Waals surface area contributed by atoms with Crippen LogP contribution < -0.4 is 5.32 Å². The molecule has 106 valence electrons. The molecule has 0 radical (unpaired) electrons. The third-order valence-electron chi connectivity index (χ3n) is 2.62. The molecule has 0 aliphatic carbocycles. The Bertz CT molecular complexity index is 853. The molecule has 0 aliphatic rings. The predicted molar refractivity (Wildman–Crippen MR) is 81.8 cm³/mol. The fourth-order valence-corrected chi connectivity index (χ4v) is 3.02. The molecular formula is C13H6Cl2FN3OS. The van der Waals surface area contributed by atoms with E-state index in [1.165, 1.54) is 11.3 Å². The molecule has 2 heterocycles. The lowest BCUT2D eigenvalue weighted by Gasteiger charge is -2.03. The summed E-state index contributed by atoms with van der Waals surface area (Å²) < 4.78 is 14.0. The summed E-state index contributed by atoms with van der Waals surface area (Å²) in [5.41, 5.74) is 0.664. The first-order valence-electron chi connectivity index (χ1n) is 5.71. The van der Waals surface area contributed by atoms with Gasteiger partial charge in [0.15, 0.2) is 5.13 Å². The van der Waals surface area contributed by atoms with Crippen molar-refractivity contribution in [2.45, 2.75) is 0 Å². The number of fused-ring (bicyclic) bond motifs is 1. The summed E-state index contributed by atoms with van der Waals surface area (Å²) in [5.74, 6) is -1.21. The zero-order chi connectivity index (χ0) is 15.0. The number of hydrogen-bond acceptors (Lipinski definition) is 4. The number of hydrogen-bond donors (Lipinski definition) is 1. The Morgan fingerprint density at radius 3 is 2.90 bits per heavy atom. The fourth-order valence-electron chi connectivity index (χ4n) is 1.70. The van der Waals surface area contributed by atoms with E-state index in [0.717, 1.165) is 17.0 Å². The minimum atomic E-state index is -0.638. The Morgan fingerprint density at radius 1 is 1.29 bits per heavy atom. The number of benzene rings is 1. The number of aromatic nitrogens is 2. The molecule has 0 fully saturated rings. The maximum Gasteiger partial charge on any atom is 0.260 e. The highest BCUT2D eigenvalue weighted by Crippen LogP contribution is 2.28. The van der Waals surface area contributed by atoms with Gasteiger partial charge >= 0.3 is 0 Å². The molecule has 0 saturated carbocycles. The molecule has 0 saturated heterocycles. The first-order chi connectivity index (χ1) is 10.0. The number of amides is 1. The first kappa shape index (κ1) is 14.2. The van der Waals surface area contributed by atoms with Crippen LogP contribution in [0.4, 0.5) is 9.52 Å². The molecule has 1 aromatic carbocycles. The molecule has 3 rings (SSSR count). The molecule has 21 heavy (non-hydrogen) atoms. The van der Waals surface area contributed by atoms with Gasteiger partial charge in [-0.05, 0) is 24.3 Å². The molecule has 2 aromatic heterocycles. The highest BCUT2D eigenvalue weighted by Gasteiger charge is 2.15. The number of nitrogens with one attached hydrogen (secondary N) is 1. The van der Waals surface area contributed by atoms with Gasteiger partial charge in [-0.2, -0.15) is 0 Å². The number of pyridine rings is 1. The lowest BCUT2D eigenvalue weighted by molar-refractivity contribution is 0.102. The largest absolute Gasteiger partial charge is 0.298 e. The lowest BCUT2D eigenvalue weighted by Crippen LogP contribution is -2.13. The van der Waals surface area contributed by atoms with Gasteiger partial charge in [0.25, 0.3) is 5.91 Å². The minimum absolute atomic E-state index is 0.0473. The van der Waals surface area contributed by atoms with Crippen LogP contribution in [0.15, 0.2) is 30.5 Å². The van der Waals surface area contributed by atoms with Crippen molar-refractivity contribution >= 4 is 55.8 Å². The van der Waals surface area contributed by atoms with E-state index < -0.39 is 11.7 Å². The van der Waals surface area contributed by atoms with Crippen LogP contribution in [-0.4, -0.2) is 15.9 Å². The van der Waals surface area contributed by atoms with Crippen molar-refractivity contribution in [2.24, 2.45) is 0 Å². The lowest BCUT2D eigenvalue weighted by atomic mass is 10.2. The van der Waals surface area contributed by atoms with E-state index in [2.05, 4.69) is 15.3 Å². The number of nitrogens with zero attached hydrogens (tertiary/aromatic N) is 2. The second-order valence-electron chi connectivity index (χ2n) is 4.08. The van der Waals surface area contributed by atoms with Gasteiger partial charge in [0.1, 0.15) is 11.0 Å². The van der Waals surface area contributed by atoms with Crippen LogP contribution in [0.3, 0.4) is 0 Å². The Labute approximate surface area is 132 Å². The Kier molecular flexibility index (Phi) is 3.75. The maximum absolute atomic E-state index is 13.1. The smallest absolute Gasteiger partial charge is 0.260 e. The normalized spacial score (nSPS) is 10.8. The second kappa shape index (κ2) is 5.55. The summed E-state index contributed by atoms with van der Waals surface area (Å²) in [7, 11) is 0. The molecule has 0 bridgehead atoms. The first-order valence-corrected chi connectivity index (χ1v) is 7.28. The van der Waals surface area contributed by atoms with E-state index in [1.807, 2.05) is 0 Å². The molecule has 0 unspecified atom stereocenters. The van der Waals surface area contributed by atoms with E-state index in [9.17, 15) is 9.18 Å². The monoisotopic (exact) mass is 341 g/mol. The Balaban J connectivity index is 1.90. The molecular weight excluding hydrogens is 336 g/mol. The van der Waals surface area contributed by atoms with Crippen molar-refractivity contribution in [3.05, 3.63) is 52.0 Å². The average molecular weight is 342 g/mol. The van der Waals surface area contributed by atoms with Crippen LogP contribution in [0, 0.1) is 5.82 Å². The minimum Gasteiger partial charge on any atom is -0.298 e. The van der Waals surface area contributed by atoms with Crippen molar-refractivity contribution in [3.8, 4) is 0 Å². The van der Waals surface area contributed by atoms with Gasteiger partial charge < -0.3 is 0 Å². The molecule has 3 aromatic rings. The highest BCUT2D eigenvalue weighted by molar-refractivity contribution is 7.22.